The first-order valence-corrected chi connectivity index (χ1v) is 11.3. The first-order valence-electron chi connectivity index (χ1n) is 10.5. The fraction of sp³-hybridized carbons (Fsp3) is 0.250. The number of nitrogens with one attached hydrogen (secondary N) is 1. The Morgan fingerprint density at radius 1 is 0.818 bits per heavy atom. The zero-order valence-electron chi connectivity index (χ0n) is 17.6. The molecule has 0 atom stereocenters. The van der Waals surface area contributed by atoms with E-state index in [-0.39, 0.29) is 0 Å². The molecule has 0 fully saturated rings. The molecule has 9 heteroatoms. The normalized spacial score (nSPS) is 14.2. The molecule has 0 aliphatic carbocycles. The van der Waals surface area contributed by atoms with Gasteiger partial charge in [-0.25, -0.2) is 4.79 Å². The standard InChI is InChI=1S/C24H21NO7S/c26-23(25-16-3-5-18-20(13-16)29-9-1-8-28-18)14-32-24(27)22-7-6-21(33-22)15-2-4-17-19(12-15)31-11-10-30-17/h2-7,12-13H,1,8-11,14H2,(H,25,26). The minimum absolute atomic E-state index is 0.398. The van der Waals surface area contributed by atoms with Crippen LogP contribution in [0.1, 0.15) is 16.1 Å². The van der Waals surface area contributed by atoms with E-state index in [0.29, 0.717) is 60.0 Å². The van der Waals surface area contributed by atoms with Gasteiger partial charge in [-0.1, -0.05) is 0 Å². The van der Waals surface area contributed by atoms with E-state index >= 15 is 0 Å². The fourth-order valence-electron chi connectivity index (χ4n) is 3.44. The maximum Gasteiger partial charge on any atom is 0.348 e. The molecule has 0 saturated heterocycles. The van der Waals surface area contributed by atoms with Crippen LogP contribution in [0.25, 0.3) is 10.4 Å². The van der Waals surface area contributed by atoms with E-state index in [1.54, 1.807) is 24.3 Å². The number of anilines is 1. The average molecular weight is 467 g/mol. The van der Waals surface area contributed by atoms with Crippen molar-refractivity contribution in [2.75, 3.05) is 38.4 Å². The second-order valence-corrected chi connectivity index (χ2v) is 8.44. The van der Waals surface area contributed by atoms with Crippen molar-refractivity contribution in [3.05, 3.63) is 53.4 Å². The van der Waals surface area contributed by atoms with Crippen LogP contribution in [0.5, 0.6) is 23.0 Å². The number of hydrogen-bond acceptors (Lipinski definition) is 8. The highest BCUT2D eigenvalue weighted by Crippen LogP contribution is 2.37. The Morgan fingerprint density at radius 2 is 1.52 bits per heavy atom. The van der Waals surface area contributed by atoms with Gasteiger partial charge in [0.1, 0.15) is 18.1 Å². The maximum atomic E-state index is 12.4. The average Bonchev–Trinajstić information content (AvgIpc) is 3.22. The van der Waals surface area contributed by atoms with E-state index in [9.17, 15) is 9.59 Å². The number of hydrogen-bond donors (Lipinski definition) is 1. The number of carbonyl (C=O) groups is 2. The molecular formula is C24H21NO7S. The number of thiophene rings is 1. The summed E-state index contributed by atoms with van der Waals surface area (Å²) in [4.78, 5) is 26.0. The van der Waals surface area contributed by atoms with E-state index in [2.05, 4.69) is 5.32 Å². The summed E-state index contributed by atoms with van der Waals surface area (Å²) in [6.45, 7) is 1.78. The van der Waals surface area contributed by atoms with Crippen LogP contribution in [0.15, 0.2) is 48.5 Å². The SMILES string of the molecule is O=C(COC(=O)c1ccc(-c2ccc3c(c2)OCCO3)s1)Nc1ccc2c(c1)OCCCO2. The van der Waals surface area contributed by atoms with E-state index in [1.807, 2.05) is 24.3 Å². The van der Waals surface area contributed by atoms with Crippen molar-refractivity contribution < 1.29 is 33.3 Å². The van der Waals surface area contributed by atoms with Crippen LogP contribution < -0.4 is 24.3 Å². The molecule has 1 amide bonds. The minimum atomic E-state index is -0.558. The molecule has 8 nitrogen and oxygen atoms in total. The number of rotatable bonds is 5. The van der Waals surface area contributed by atoms with Crippen LogP contribution in [-0.4, -0.2) is 44.9 Å². The molecule has 2 aliphatic heterocycles. The number of amides is 1. The summed E-state index contributed by atoms with van der Waals surface area (Å²) >= 11 is 1.28. The van der Waals surface area contributed by atoms with Crippen molar-refractivity contribution in [2.45, 2.75) is 6.42 Å². The van der Waals surface area contributed by atoms with Gasteiger partial charge in [0.05, 0.1) is 13.2 Å². The lowest BCUT2D eigenvalue weighted by molar-refractivity contribution is -0.119. The Balaban J connectivity index is 1.17. The molecule has 0 unspecified atom stereocenters. The van der Waals surface area contributed by atoms with Crippen molar-refractivity contribution in [2.24, 2.45) is 0 Å². The third kappa shape index (κ3) is 4.88. The summed E-state index contributed by atoms with van der Waals surface area (Å²) in [5.41, 5.74) is 1.45. The quantitative estimate of drug-likeness (QED) is 0.564. The van der Waals surface area contributed by atoms with Crippen molar-refractivity contribution in [1.29, 1.82) is 0 Å². The minimum Gasteiger partial charge on any atom is -0.490 e. The van der Waals surface area contributed by atoms with Gasteiger partial charge >= 0.3 is 5.97 Å². The summed E-state index contributed by atoms with van der Waals surface area (Å²) in [5.74, 6) is 1.61. The van der Waals surface area contributed by atoms with Crippen molar-refractivity contribution in [3.8, 4) is 33.4 Å². The molecule has 3 aromatic rings. The highest BCUT2D eigenvalue weighted by Gasteiger charge is 2.17. The predicted molar refractivity (Wildman–Crippen MR) is 122 cm³/mol. The van der Waals surface area contributed by atoms with Crippen LogP contribution >= 0.6 is 11.3 Å². The molecule has 1 aromatic heterocycles. The van der Waals surface area contributed by atoms with Gasteiger partial charge in [-0.05, 0) is 48.0 Å². The Morgan fingerprint density at radius 3 is 2.36 bits per heavy atom. The maximum absolute atomic E-state index is 12.4. The van der Waals surface area contributed by atoms with Crippen LogP contribution in [0.3, 0.4) is 0 Å². The van der Waals surface area contributed by atoms with Crippen LogP contribution in [0.2, 0.25) is 0 Å². The molecular weight excluding hydrogens is 446 g/mol. The molecule has 33 heavy (non-hydrogen) atoms. The molecule has 5 rings (SSSR count). The second kappa shape index (κ2) is 9.41. The fourth-order valence-corrected chi connectivity index (χ4v) is 4.34. The number of ether oxygens (including phenoxy) is 5. The molecule has 3 heterocycles. The van der Waals surface area contributed by atoms with Gasteiger partial charge in [0.25, 0.3) is 5.91 Å². The smallest absolute Gasteiger partial charge is 0.348 e. The Bertz CT molecular complexity index is 1190. The number of esters is 1. The summed E-state index contributed by atoms with van der Waals surface area (Å²) in [6.07, 6.45) is 0.797. The zero-order valence-corrected chi connectivity index (χ0v) is 18.4. The molecule has 0 bridgehead atoms. The molecule has 0 saturated carbocycles. The molecule has 170 valence electrons. The highest BCUT2D eigenvalue weighted by molar-refractivity contribution is 7.17. The zero-order chi connectivity index (χ0) is 22.6. The summed E-state index contributed by atoms with van der Waals surface area (Å²) in [6, 6.07) is 14.3. The van der Waals surface area contributed by atoms with Gasteiger partial charge in [0.15, 0.2) is 29.6 Å². The highest BCUT2D eigenvalue weighted by atomic mass is 32.1. The third-order valence-corrected chi connectivity index (χ3v) is 6.11. The Kier molecular flexibility index (Phi) is 6.03. The molecule has 0 spiro atoms. The lowest BCUT2D eigenvalue weighted by Crippen LogP contribution is -2.20. The van der Waals surface area contributed by atoms with E-state index in [1.165, 1.54) is 11.3 Å². The monoisotopic (exact) mass is 467 g/mol. The van der Waals surface area contributed by atoms with Crippen LogP contribution in [0.4, 0.5) is 5.69 Å². The molecule has 0 radical (unpaired) electrons. The predicted octanol–water partition coefficient (Wildman–Crippen LogP) is 4.14. The second-order valence-electron chi connectivity index (χ2n) is 7.36. The van der Waals surface area contributed by atoms with Crippen molar-refractivity contribution in [3.63, 3.8) is 0 Å². The summed E-state index contributed by atoms with van der Waals surface area (Å²) in [5, 5.41) is 2.71. The van der Waals surface area contributed by atoms with Gasteiger partial charge in [-0.3, -0.25) is 4.79 Å². The lowest BCUT2D eigenvalue weighted by atomic mass is 10.1. The Hall–Kier alpha value is -3.72. The third-order valence-electron chi connectivity index (χ3n) is 5.00. The van der Waals surface area contributed by atoms with Gasteiger partial charge in [0.2, 0.25) is 0 Å². The summed E-state index contributed by atoms with van der Waals surface area (Å²) in [7, 11) is 0. The largest absolute Gasteiger partial charge is 0.490 e. The van der Waals surface area contributed by atoms with Crippen LogP contribution in [0, 0.1) is 0 Å². The number of benzene rings is 2. The number of fused-ring (bicyclic) bond motifs is 2. The van der Waals surface area contributed by atoms with Gasteiger partial charge in [0, 0.05) is 23.1 Å². The first kappa shape index (κ1) is 21.1. The van der Waals surface area contributed by atoms with Gasteiger partial charge in [-0.15, -0.1) is 11.3 Å². The van der Waals surface area contributed by atoms with E-state index < -0.39 is 18.5 Å². The van der Waals surface area contributed by atoms with E-state index in [4.69, 9.17) is 23.7 Å². The number of carbonyl (C=O) groups excluding carboxylic acids is 2. The topological polar surface area (TPSA) is 92.3 Å². The van der Waals surface area contributed by atoms with E-state index in [0.717, 1.165) is 16.9 Å². The van der Waals surface area contributed by atoms with Crippen molar-refractivity contribution in [1.82, 2.24) is 0 Å². The lowest BCUT2D eigenvalue weighted by Gasteiger charge is -2.18. The molecule has 2 aromatic carbocycles. The van der Waals surface area contributed by atoms with Gasteiger partial charge in [-0.2, -0.15) is 0 Å². The summed E-state index contributed by atoms with van der Waals surface area (Å²) < 4.78 is 27.6. The molecule has 2 aliphatic rings. The first-order chi connectivity index (χ1) is 16.2. The Labute approximate surface area is 194 Å². The molecule has 1 N–H and O–H groups in total. The van der Waals surface area contributed by atoms with Crippen LogP contribution in [-0.2, 0) is 9.53 Å². The van der Waals surface area contributed by atoms with Gasteiger partial charge < -0.3 is 29.0 Å². The van der Waals surface area contributed by atoms with Crippen molar-refractivity contribution >= 4 is 28.9 Å².